The van der Waals surface area contributed by atoms with E-state index in [4.69, 9.17) is 10.5 Å². The van der Waals surface area contributed by atoms with Crippen LogP contribution in [0.3, 0.4) is 0 Å². The first-order valence-electron chi connectivity index (χ1n) is 7.24. The molecule has 0 aliphatic carbocycles. The van der Waals surface area contributed by atoms with Crippen LogP contribution in [0.15, 0.2) is 18.2 Å². The maximum atomic E-state index is 11.0. The van der Waals surface area contributed by atoms with Crippen LogP contribution in [0.1, 0.15) is 43.7 Å². The summed E-state index contributed by atoms with van der Waals surface area (Å²) in [6.07, 6.45) is 2.64. The van der Waals surface area contributed by atoms with Gasteiger partial charge >= 0.3 is 6.09 Å². The number of ether oxygens (including phenoxy) is 1. The molecule has 0 spiro atoms. The van der Waals surface area contributed by atoms with E-state index in [1.807, 2.05) is 17.8 Å². The van der Waals surface area contributed by atoms with Crippen molar-refractivity contribution in [1.82, 2.24) is 0 Å². The molecule has 0 unspecified atom stereocenters. The third-order valence-electron chi connectivity index (χ3n) is 3.62. The maximum Gasteiger partial charge on any atom is 0.409 e. The van der Waals surface area contributed by atoms with E-state index in [0.29, 0.717) is 17.6 Å². The van der Waals surface area contributed by atoms with Crippen LogP contribution >= 0.6 is 11.8 Å². The van der Waals surface area contributed by atoms with Gasteiger partial charge in [-0.05, 0) is 59.8 Å². The summed E-state index contributed by atoms with van der Waals surface area (Å²) >= 11 is 2.03. The zero-order chi connectivity index (χ0) is 14.5. The Morgan fingerprint density at radius 1 is 1.40 bits per heavy atom. The third-order valence-corrected chi connectivity index (χ3v) is 4.66. The van der Waals surface area contributed by atoms with Crippen molar-refractivity contribution in [3.8, 4) is 5.75 Å². The summed E-state index contributed by atoms with van der Waals surface area (Å²) in [7, 11) is 0. The van der Waals surface area contributed by atoms with E-state index in [2.05, 4.69) is 26.0 Å². The van der Waals surface area contributed by atoms with Crippen LogP contribution in [0.25, 0.3) is 0 Å². The Balaban J connectivity index is 2.24. The number of carbonyl (C=O) groups is 1. The van der Waals surface area contributed by atoms with Crippen LogP contribution in [0.2, 0.25) is 0 Å². The summed E-state index contributed by atoms with van der Waals surface area (Å²) in [4.78, 5) is 11.0. The van der Waals surface area contributed by atoms with Crippen LogP contribution in [0, 0.1) is 5.92 Å². The second-order valence-corrected chi connectivity index (χ2v) is 7.00. The molecule has 0 saturated carbocycles. The number of nitrogens with two attached hydrogens (primary N) is 1. The number of rotatable bonds is 4. The van der Waals surface area contributed by atoms with E-state index < -0.39 is 6.09 Å². The smallest absolute Gasteiger partial charge is 0.409 e. The van der Waals surface area contributed by atoms with E-state index in [1.165, 1.54) is 29.9 Å². The van der Waals surface area contributed by atoms with Crippen molar-refractivity contribution < 1.29 is 9.53 Å². The predicted octanol–water partition coefficient (Wildman–Crippen LogP) is 3.95. The number of carbonyl (C=O) groups excluding carboxylic acids is 1. The molecule has 2 rings (SSSR count). The summed E-state index contributed by atoms with van der Waals surface area (Å²) in [6.45, 7) is 4.33. The minimum Gasteiger partial charge on any atom is -0.410 e. The Morgan fingerprint density at radius 3 is 2.70 bits per heavy atom. The molecule has 0 atom stereocenters. The number of hydrogen-bond donors (Lipinski definition) is 1. The highest BCUT2D eigenvalue weighted by molar-refractivity contribution is 7.99. The minimum atomic E-state index is -0.739. The molecule has 1 aliphatic heterocycles. The second-order valence-electron chi connectivity index (χ2n) is 5.77. The molecule has 1 saturated heterocycles. The molecule has 3 nitrogen and oxygen atoms in total. The van der Waals surface area contributed by atoms with Crippen molar-refractivity contribution >= 4 is 17.9 Å². The molecule has 110 valence electrons. The lowest BCUT2D eigenvalue weighted by atomic mass is 9.90. The van der Waals surface area contributed by atoms with Crippen LogP contribution in [0.4, 0.5) is 4.79 Å². The molecule has 0 aromatic heterocycles. The topological polar surface area (TPSA) is 52.3 Å². The van der Waals surface area contributed by atoms with Gasteiger partial charge in [-0.15, -0.1) is 0 Å². The minimum absolute atomic E-state index is 0.516. The van der Waals surface area contributed by atoms with E-state index in [1.54, 1.807) is 0 Å². The van der Waals surface area contributed by atoms with Crippen molar-refractivity contribution in [2.75, 3.05) is 11.5 Å². The highest BCUT2D eigenvalue weighted by atomic mass is 32.2. The lowest BCUT2D eigenvalue weighted by molar-refractivity contribution is 0.210. The molecule has 1 aromatic rings. The lowest BCUT2D eigenvalue weighted by Crippen LogP contribution is -2.18. The maximum absolute atomic E-state index is 11.0. The van der Waals surface area contributed by atoms with Crippen molar-refractivity contribution in [1.29, 1.82) is 0 Å². The molecule has 0 bridgehead atoms. The lowest BCUT2D eigenvalue weighted by Gasteiger charge is -2.23. The molecular weight excluding hydrogens is 270 g/mol. The molecule has 20 heavy (non-hydrogen) atoms. The average molecular weight is 293 g/mol. The molecule has 4 heteroatoms. The molecule has 2 N–H and O–H groups in total. The Morgan fingerprint density at radius 2 is 2.10 bits per heavy atom. The summed E-state index contributed by atoms with van der Waals surface area (Å²) in [5.74, 6) is 4.25. The van der Waals surface area contributed by atoms with Gasteiger partial charge in [0.05, 0.1) is 0 Å². The first kappa shape index (κ1) is 15.2. The fourth-order valence-electron chi connectivity index (χ4n) is 2.69. The highest BCUT2D eigenvalue weighted by Gasteiger charge is 2.18. The van der Waals surface area contributed by atoms with Gasteiger partial charge in [0.2, 0.25) is 0 Å². The number of primary amides is 1. The van der Waals surface area contributed by atoms with E-state index in [9.17, 15) is 4.79 Å². The Labute approximate surface area is 125 Å². The molecule has 0 radical (unpaired) electrons. The Kier molecular flexibility index (Phi) is 5.35. The second kappa shape index (κ2) is 7.02. The van der Waals surface area contributed by atoms with Gasteiger partial charge in [-0.2, -0.15) is 11.8 Å². The fraction of sp³-hybridized carbons (Fsp3) is 0.562. The average Bonchev–Trinajstić information content (AvgIpc) is 2.40. The zero-order valence-electron chi connectivity index (χ0n) is 12.2. The van der Waals surface area contributed by atoms with Crippen molar-refractivity contribution in [3.05, 3.63) is 29.3 Å². The van der Waals surface area contributed by atoms with E-state index in [-0.39, 0.29) is 0 Å². The first-order chi connectivity index (χ1) is 9.56. The number of amides is 1. The van der Waals surface area contributed by atoms with Gasteiger partial charge < -0.3 is 10.5 Å². The normalized spacial score (nSPS) is 16.4. The quantitative estimate of drug-likeness (QED) is 0.914. The first-order valence-corrected chi connectivity index (χ1v) is 8.39. The highest BCUT2D eigenvalue weighted by Crippen LogP contribution is 2.34. The Bertz CT molecular complexity index is 468. The molecule has 1 aromatic carbocycles. The van der Waals surface area contributed by atoms with Gasteiger partial charge in [0, 0.05) is 0 Å². The third kappa shape index (κ3) is 4.17. The molecular formula is C16H23NO2S. The largest absolute Gasteiger partial charge is 0.410 e. The van der Waals surface area contributed by atoms with Gasteiger partial charge in [-0.1, -0.05) is 26.0 Å². The van der Waals surface area contributed by atoms with Crippen LogP contribution < -0.4 is 10.5 Å². The van der Waals surface area contributed by atoms with Gasteiger partial charge in [0.25, 0.3) is 0 Å². The predicted molar refractivity (Wildman–Crippen MR) is 84.5 cm³/mol. The van der Waals surface area contributed by atoms with Gasteiger partial charge in [-0.3, -0.25) is 0 Å². The fourth-order valence-corrected chi connectivity index (χ4v) is 3.80. The summed E-state index contributed by atoms with van der Waals surface area (Å²) in [6, 6.07) is 6.20. The molecule has 1 fully saturated rings. The van der Waals surface area contributed by atoms with Crippen molar-refractivity contribution in [2.45, 2.75) is 39.0 Å². The van der Waals surface area contributed by atoms with Gasteiger partial charge in [-0.25, -0.2) is 4.79 Å². The van der Waals surface area contributed by atoms with Crippen LogP contribution in [-0.2, 0) is 6.42 Å². The number of hydrogen-bond acceptors (Lipinski definition) is 3. The van der Waals surface area contributed by atoms with Gasteiger partial charge in [0.1, 0.15) is 5.75 Å². The van der Waals surface area contributed by atoms with Crippen LogP contribution in [-0.4, -0.2) is 17.6 Å². The molecule has 1 aliphatic rings. The molecule has 1 heterocycles. The summed E-state index contributed by atoms with van der Waals surface area (Å²) < 4.78 is 5.12. The van der Waals surface area contributed by atoms with E-state index in [0.717, 1.165) is 12.0 Å². The van der Waals surface area contributed by atoms with Crippen LogP contribution in [0.5, 0.6) is 5.75 Å². The summed E-state index contributed by atoms with van der Waals surface area (Å²) in [5, 5.41) is 0. The Hall–Kier alpha value is -1.16. The van der Waals surface area contributed by atoms with Gasteiger partial charge in [0.15, 0.2) is 0 Å². The number of thioether (sulfide) groups is 1. The summed E-state index contributed by atoms with van der Waals surface area (Å²) in [5.41, 5.74) is 7.61. The van der Waals surface area contributed by atoms with E-state index >= 15 is 0 Å². The SMILES string of the molecule is CC(C)Cc1cc(C2CCSCC2)ccc1OC(N)=O. The monoisotopic (exact) mass is 293 g/mol. The van der Waals surface area contributed by atoms with Crippen molar-refractivity contribution in [2.24, 2.45) is 11.7 Å². The zero-order valence-corrected chi connectivity index (χ0v) is 13.0. The number of benzene rings is 1. The van der Waals surface area contributed by atoms with Crippen molar-refractivity contribution in [3.63, 3.8) is 0 Å². The molecule has 1 amide bonds. The standard InChI is InChI=1S/C16H23NO2S/c1-11(2)9-14-10-13(12-5-7-20-8-6-12)3-4-15(14)19-16(17)18/h3-4,10-12H,5-9H2,1-2H3,(H2,17,18).